The van der Waals surface area contributed by atoms with Crippen LogP contribution in [0.1, 0.15) is 12.8 Å². The standard InChI is InChI=1S/C8H13NO/c1-6-2-4-9-5-3-7(10)8(6)9/h7-8,10H,1-5H2/t7-,8-/m0/s1. The molecule has 0 amide bonds. The Morgan fingerprint density at radius 1 is 1.50 bits per heavy atom. The molecule has 2 heterocycles. The molecule has 2 nitrogen and oxygen atoms in total. The fourth-order valence-corrected chi connectivity index (χ4v) is 2.05. The van der Waals surface area contributed by atoms with Crippen LogP contribution >= 0.6 is 0 Å². The Balaban J connectivity index is 2.19. The third kappa shape index (κ3) is 0.724. The third-order valence-electron chi connectivity index (χ3n) is 2.61. The number of nitrogens with zero attached hydrogens (tertiary/aromatic N) is 1. The minimum absolute atomic E-state index is 0.130. The Hall–Kier alpha value is -0.340. The zero-order chi connectivity index (χ0) is 7.14. The number of hydrogen-bond donors (Lipinski definition) is 1. The summed E-state index contributed by atoms with van der Waals surface area (Å²) in [6.07, 6.45) is 1.89. The lowest BCUT2D eigenvalue weighted by atomic mass is 10.1. The SMILES string of the molecule is C=C1CCN2CC[C@H](O)[C@H]12. The minimum Gasteiger partial charge on any atom is -0.391 e. The third-order valence-corrected chi connectivity index (χ3v) is 2.61. The van der Waals surface area contributed by atoms with Crippen LogP contribution in [0.25, 0.3) is 0 Å². The fourth-order valence-electron chi connectivity index (χ4n) is 2.05. The highest BCUT2D eigenvalue weighted by Crippen LogP contribution is 2.30. The predicted octanol–water partition coefficient (Wildman–Crippen LogP) is 0.382. The number of hydrogen-bond acceptors (Lipinski definition) is 2. The van der Waals surface area contributed by atoms with E-state index in [1.807, 2.05) is 0 Å². The largest absolute Gasteiger partial charge is 0.391 e. The van der Waals surface area contributed by atoms with E-state index in [0.717, 1.165) is 25.9 Å². The van der Waals surface area contributed by atoms with E-state index in [0.29, 0.717) is 6.04 Å². The van der Waals surface area contributed by atoms with E-state index in [4.69, 9.17) is 0 Å². The molecule has 0 aromatic rings. The maximum atomic E-state index is 9.47. The van der Waals surface area contributed by atoms with Gasteiger partial charge in [0.2, 0.25) is 0 Å². The Bertz CT molecular complexity index is 167. The normalized spacial score (nSPS) is 40.7. The number of aliphatic hydroxyl groups excluding tert-OH is 1. The summed E-state index contributed by atoms with van der Waals surface area (Å²) in [6.45, 7) is 6.12. The van der Waals surface area contributed by atoms with Crippen molar-refractivity contribution < 1.29 is 5.11 Å². The van der Waals surface area contributed by atoms with Crippen molar-refractivity contribution in [3.63, 3.8) is 0 Å². The average Bonchev–Trinajstić information content (AvgIpc) is 2.40. The highest BCUT2D eigenvalue weighted by atomic mass is 16.3. The van der Waals surface area contributed by atoms with Crippen molar-refractivity contribution in [3.05, 3.63) is 12.2 Å². The van der Waals surface area contributed by atoms with Gasteiger partial charge >= 0.3 is 0 Å². The Morgan fingerprint density at radius 3 is 3.00 bits per heavy atom. The van der Waals surface area contributed by atoms with Gasteiger partial charge in [-0.3, -0.25) is 4.90 Å². The molecule has 56 valence electrons. The summed E-state index contributed by atoms with van der Waals surface area (Å²) in [7, 11) is 0. The van der Waals surface area contributed by atoms with Crippen LogP contribution < -0.4 is 0 Å². The van der Waals surface area contributed by atoms with Gasteiger partial charge in [0.1, 0.15) is 0 Å². The second kappa shape index (κ2) is 2.07. The molecule has 10 heavy (non-hydrogen) atoms. The molecule has 2 rings (SSSR count). The van der Waals surface area contributed by atoms with Crippen molar-refractivity contribution in [2.75, 3.05) is 13.1 Å². The van der Waals surface area contributed by atoms with Crippen LogP contribution in [-0.4, -0.2) is 35.2 Å². The van der Waals surface area contributed by atoms with Gasteiger partial charge in [0, 0.05) is 13.1 Å². The van der Waals surface area contributed by atoms with Gasteiger partial charge in [-0.05, 0) is 12.8 Å². The molecule has 0 unspecified atom stereocenters. The van der Waals surface area contributed by atoms with Crippen LogP contribution in [0.3, 0.4) is 0 Å². The predicted molar refractivity (Wildman–Crippen MR) is 39.7 cm³/mol. The lowest BCUT2D eigenvalue weighted by Crippen LogP contribution is -2.29. The topological polar surface area (TPSA) is 23.5 Å². The summed E-state index contributed by atoms with van der Waals surface area (Å²) >= 11 is 0. The molecule has 0 aliphatic carbocycles. The van der Waals surface area contributed by atoms with E-state index >= 15 is 0 Å². The van der Waals surface area contributed by atoms with Crippen molar-refractivity contribution in [1.29, 1.82) is 0 Å². The van der Waals surface area contributed by atoms with Gasteiger partial charge in [0.05, 0.1) is 12.1 Å². The molecule has 0 spiro atoms. The second-order valence-electron chi connectivity index (χ2n) is 3.25. The van der Waals surface area contributed by atoms with Gasteiger partial charge in [-0.1, -0.05) is 12.2 Å². The molecule has 2 aliphatic heterocycles. The van der Waals surface area contributed by atoms with E-state index in [2.05, 4.69) is 11.5 Å². The minimum atomic E-state index is -0.130. The van der Waals surface area contributed by atoms with Crippen LogP contribution in [0.15, 0.2) is 12.2 Å². The quantitative estimate of drug-likeness (QED) is 0.490. The lowest BCUT2D eigenvalue weighted by molar-refractivity contribution is 0.151. The second-order valence-corrected chi connectivity index (χ2v) is 3.25. The van der Waals surface area contributed by atoms with Gasteiger partial charge in [-0.25, -0.2) is 0 Å². The first-order valence-electron chi connectivity index (χ1n) is 3.89. The van der Waals surface area contributed by atoms with Crippen LogP contribution in [0, 0.1) is 0 Å². The molecular weight excluding hydrogens is 126 g/mol. The molecule has 2 aliphatic rings. The average molecular weight is 139 g/mol. The first-order chi connectivity index (χ1) is 4.79. The molecule has 0 aromatic carbocycles. The van der Waals surface area contributed by atoms with Gasteiger partial charge in [0.25, 0.3) is 0 Å². The van der Waals surface area contributed by atoms with E-state index < -0.39 is 0 Å². The number of fused-ring (bicyclic) bond motifs is 1. The molecule has 2 heteroatoms. The van der Waals surface area contributed by atoms with Gasteiger partial charge < -0.3 is 5.11 Å². The highest BCUT2D eigenvalue weighted by Gasteiger charge is 2.38. The van der Waals surface area contributed by atoms with E-state index in [1.165, 1.54) is 5.57 Å². The van der Waals surface area contributed by atoms with Crippen LogP contribution in [0.2, 0.25) is 0 Å². The van der Waals surface area contributed by atoms with Crippen molar-refractivity contribution in [2.45, 2.75) is 25.0 Å². The summed E-state index contributed by atoms with van der Waals surface area (Å²) in [5.41, 5.74) is 1.23. The maximum absolute atomic E-state index is 9.47. The molecule has 2 fully saturated rings. The number of rotatable bonds is 0. The molecule has 2 atom stereocenters. The van der Waals surface area contributed by atoms with Gasteiger partial charge in [-0.15, -0.1) is 0 Å². The van der Waals surface area contributed by atoms with Crippen molar-refractivity contribution in [3.8, 4) is 0 Å². The summed E-state index contributed by atoms with van der Waals surface area (Å²) in [5.74, 6) is 0. The fraction of sp³-hybridized carbons (Fsp3) is 0.750. The van der Waals surface area contributed by atoms with Crippen molar-refractivity contribution in [1.82, 2.24) is 4.90 Å². The zero-order valence-electron chi connectivity index (χ0n) is 6.08. The van der Waals surface area contributed by atoms with E-state index in [1.54, 1.807) is 0 Å². The molecular formula is C8H13NO. The Morgan fingerprint density at radius 2 is 2.30 bits per heavy atom. The highest BCUT2D eigenvalue weighted by molar-refractivity contribution is 5.17. The van der Waals surface area contributed by atoms with Gasteiger partial charge in [-0.2, -0.15) is 0 Å². The molecule has 2 saturated heterocycles. The van der Waals surface area contributed by atoms with E-state index in [9.17, 15) is 5.11 Å². The van der Waals surface area contributed by atoms with Crippen LogP contribution in [-0.2, 0) is 0 Å². The monoisotopic (exact) mass is 139 g/mol. The van der Waals surface area contributed by atoms with Crippen LogP contribution in [0.4, 0.5) is 0 Å². The Kier molecular flexibility index (Phi) is 1.32. The summed E-state index contributed by atoms with van der Waals surface area (Å²) in [6, 6.07) is 0.306. The summed E-state index contributed by atoms with van der Waals surface area (Å²) < 4.78 is 0. The molecule has 1 N–H and O–H groups in total. The van der Waals surface area contributed by atoms with Crippen molar-refractivity contribution in [2.24, 2.45) is 0 Å². The molecule has 0 bridgehead atoms. The lowest BCUT2D eigenvalue weighted by Gasteiger charge is -2.16. The molecule has 0 saturated carbocycles. The summed E-state index contributed by atoms with van der Waals surface area (Å²) in [5, 5.41) is 9.47. The number of aliphatic hydroxyl groups is 1. The van der Waals surface area contributed by atoms with Gasteiger partial charge in [0.15, 0.2) is 0 Å². The van der Waals surface area contributed by atoms with Crippen LogP contribution in [0.5, 0.6) is 0 Å². The van der Waals surface area contributed by atoms with Crippen molar-refractivity contribution >= 4 is 0 Å². The maximum Gasteiger partial charge on any atom is 0.0745 e. The molecule has 0 aromatic heterocycles. The smallest absolute Gasteiger partial charge is 0.0745 e. The van der Waals surface area contributed by atoms with E-state index in [-0.39, 0.29) is 6.10 Å². The molecule has 0 radical (unpaired) electrons. The first kappa shape index (κ1) is 6.38. The Labute approximate surface area is 61.1 Å². The first-order valence-corrected chi connectivity index (χ1v) is 3.89. The summed E-state index contributed by atoms with van der Waals surface area (Å²) in [4.78, 5) is 2.33. The zero-order valence-corrected chi connectivity index (χ0v) is 6.08.